The average molecular weight is 584 g/mol. The quantitative estimate of drug-likeness (QED) is 0.269. The van der Waals surface area contributed by atoms with E-state index in [1.54, 1.807) is 19.4 Å². The molecule has 2 aromatic carbocycles. The molecular formula is C22H23BrIN3O3. The van der Waals surface area contributed by atoms with E-state index in [-0.39, 0.29) is 11.5 Å². The Bertz CT molecular complexity index is 1160. The highest BCUT2D eigenvalue weighted by Gasteiger charge is 2.16. The third-order valence-corrected chi connectivity index (χ3v) is 6.04. The number of halogens is 2. The van der Waals surface area contributed by atoms with Gasteiger partial charge in [0.1, 0.15) is 5.82 Å². The minimum Gasteiger partial charge on any atom is -0.492 e. The van der Waals surface area contributed by atoms with E-state index < -0.39 is 0 Å². The minimum atomic E-state index is -0.193. The molecule has 0 amide bonds. The van der Waals surface area contributed by atoms with Crippen molar-refractivity contribution in [3.63, 3.8) is 0 Å². The molecule has 3 aromatic rings. The summed E-state index contributed by atoms with van der Waals surface area (Å²) in [5.41, 5.74) is 1.28. The predicted molar refractivity (Wildman–Crippen MR) is 132 cm³/mol. The second-order valence-corrected chi connectivity index (χ2v) is 8.85. The van der Waals surface area contributed by atoms with Crippen molar-refractivity contribution < 1.29 is 9.47 Å². The number of rotatable bonds is 7. The Hall–Kier alpha value is -1.94. The van der Waals surface area contributed by atoms with Gasteiger partial charge in [-0.1, -0.05) is 29.8 Å². The van der Waals surface area contributed by atoms with E-state index in [9.17, 15) is 4.79 Å². The first kappa shape index (κ1) is 22.7. The second-order valence-electron chi connectivity index (χ2n) is 6.77. The maximum absolute atomic E-state index is 13.2. The second kappa shape index (κ2) is 9.91. The zero-order valence-corrected chi connectivity index (χ0v) is 21.0. The highest BCUT2D eigenvalue weighted by molar-refractivity contribution is 14.1. The van der Waals surface area contributed by atoms with Crippen molar-refractivity contribution in [1.29, 1.82) is 0 Å². The first-order valence-corrected chi connectivity index (χ1v) is 11.5. The van der Waals surface area contributed by atoms with Gasteiger partial charge in [0.2, 0.25) is 0 Å². The van der Waals surface area contributed by atoms with Gasteiger partial charge in [-0.2, -0.15) is 9.78 Å². The number of benzene rings is 2. The van der Waals surface area contributed by atoms with Crippen molar-refractivity contribution in [3.8, 4) is 11.5 Å². The summed E-state index contributed by atoms with van der Waals surface area (Å²) >= 11 is 5.63. The summed E-state index contributed by atoms with van der Waals surface area (Å²) in [6.45, 7) is 6.55. The van der Waals surface area contributed by atoms with Crippen molar-refractivity contribution in [2.75, 3.05) is 13.7 Å². The molecule has 8 heteroatoms. The number of fused-ring (bicyclic) bond motifs is 1. The normalized spacial score (nSPS) is 12.5. The van der Waals surface area contributed by atoms with Crippen LogP contribution in [-0.2, 0) is 0 Å². The SMILES string of the molecule is CCOc1cc(C=Nn2c([C@@H](C)CC)nc3ccc(Br)cc3c2=O)cc(I)c1OC. The van der Waals surface area contributed by atoms with Gasteiger partial charge in [0.15, 0.2) is 11.5 Å². The highest BCUT2D eigenvalue weighted by atomic mass is 127. The fourth-order valence-corrected chi connectivity index (χ4v) is 4.23. The Kier molecular flexibility index (Phi) is 7.51. The van der Waals surface area contributed by atoms with E-state index in [0.29, 0.717) is 34.8 Å². The Labute approximate surface area is 197 Å². The van der Waals surface area contributed by atoms with E-state index >= 15 is 0 Å². The van der Waals surface area contributed by atoms with Crippen molar-refractivity contribution >= 4 is 55.6 Å². The third kappa shape index (κ3) is 4.69. The standard InChI is InChI=1S/C22H23BrIN3O3/c1-5-13(3)21-26-18-8-7-15(23)11-16(18)22(28)27(21)25-12-14-9-17(24)20(29-4)19(10-14)30-6-2/h7-13H,5-6H2,1-4H3/t13-/m0/s1. The maximum Gasteiger partial charge on any atom is 0.282 e. The Morgan fingerprint density at radius 2 is 2.07 bits per heavy atom. The lowest BCUT2D eigenvalue weighted by atomic mass is 10.1. The Morgan fingerprint density at radius 3 is 2.73 bits per heavy atom. The summed E-state index contributed by atoms with van der Waals surface area (Å²) in [7, 11) is 1.62. The fourth-order valence-electron chi connectivity index (χ4n) is 3.03. The molecule has 0 radical (unpaired) electrons. The molecule has 0 unspecified atom stereocenters. The molecular weight excluding hydrogens is 561 g/mol. The third-order valence-electron chi connectivity index (χ3n) is 4.74. The zero-order valence-electron chi connectivity index (χ0n) is 17.3. The smallest absolute Gasteiger partial charge is 0.282 e. The molecule has 1 atom stereocenters. The fraction of sp³-hybridized carbons (Fsp3) is 0.318. The number of nitrogens with zero attached hydrogens (tertiary/aromatic N) is 3. The lowest BCUT2D eigenvalue weighted by Crippen LogP contribution is -2.23. The molecule has 0 saturated heterocycles. The van der Waals surface area contributed by atoms with Gasteiger partial charge in [-0.3, -0.25) is 4.79 Å². The molecule has 0 N–H and O–H groups in total. The summed E-state index contributed by atoms with van der Waals surface area (Å²) in [5.74, 6) is 2.05. The molecule has 0 spiro atoms. The lowest BCUT2D eigenvalue weighted by Gasteiger charge is -2.14. The maximum atomic E-state index is 13.2. The van der Waals surface area contributed by atoms with Crippen LogP contribution in [0.2, 0.25) is 0 Å². The van der Waals surface area contributed by atoms with Crippen LogP contribution in [0.25, 0.3) is 10.9 Å². The van der Waals surface area contributed by atoms with Gasteiger partial charge in [-0.05, 0) is 71.8 Å². The van der Waals surface area contributed by atoms with Gasteiger partial charge in [-0.25, -0.2) is 4.98 Å². The molecule has 1 heterocycles. The van der Waals surface area contributed by atoms with Crippen molar-refractivity contribution in [2.24, 2.45) is 5.10 Å². The number of methoxy groups -OCH3 is 1. The topological polar surface area (TPSA) is 65.7 Å². The van der Waals surface area contributed by atoms with E-state index in [2.05, 4.69) is 50.5 Å². The van der Waals surface area contributed by atoms with Crippen LogP contribution in [0.3, 0.4) is 0 Å². The van der Waals surface area contributed by atoms with Gasteiger partial charge < -0.3 is 9.47 Å². The number of aromatic nitrogens is 2. The first-order chi connectivity index (χ1) is 14.4. The van der Waals surface area contributed by atoms with Gasteiger partial charge in [0.05, 0.1) is 34.4 Å². The monoisotopic (exact) mass is 583 g/mol. The number of ether oxygens (including phenoxy) is 2. The van der Waals surface area contributed by atoms with Crippen LogP contribution in [0.1, 0.15) is 44.5 Å². The first-order valence-electron chi connectivity index (χ1n) is 9.66. The lowest BCUT2D eigenvalue weighted by molar-refractivity contribution is 0.309. The molecule has 1 aromatic heterocycles. The summed E-state index contributed by atoms with van der Waals surface area (Å²) in [4.78, 5) is 18.0. The molecule has 3 rings (SSSR count). The van der Waals surface area contributed by atoms with E-state index in [4.69, 9.17) is 14.5 Å². The van der Waals surface area contributed by atoms with E-state index in [1.165, 1.54) is 4.68 Å². The van der Waals surface area contributed by atoms with Crippen LogP contribution in [0.15, 0.2) is 44.7 Å². The van der Waals surface area contributed by atoms with Crippen LogP contribution in [0.4, 0.5) is 0 Å². The molecule has 6 nitrogen and oxygen atoms in total. The summed E-state index contributed by atoms with van der Waals surface area (Å²) in [6, 6.07) is 9.30. The molecule has 0 aliphatic carbocycles. The molecule has 0 fully saturated rings. The molecule has 0 aliphatic rings. The molecule has 30 heavy (non-hydrogen) atoms. The van der Waals surface area contributed by atoms with Crippen LogP contribution in [0, 0.1) is 3.57 Å². The molecule has 158 valence electrons. The van der Waals surface area contributed by atoms with Crippen LogP contribution in [0.5, 0.6) is 11.5 Å². The van der Waals surface area contributed by atoms with Crippen molar-refractivity contribution in [3.05, 3.63) is 60.1 Å². The Morgan fingerprint density at radius 1 is 1.30 bits per heavy atom. The highest BCUT2D eigenvalue weighted by Crippen LogP contribution is 2.33. The van der Waals surface area contributed by atoms with Gasteiger partial charge in [-0.15, -0.1) is 0 Å². The van der Waals surface area contributed by atoms with Gasteiger partial charge in [0, 0.05) is 10.4 Å². The van der Waals surface area contributed by atoms with Crippen molar-refractivity contribution in [1.82, 2.24) is 9.66 Å². The number of hydrogen-bond donors (Lipinski definition) is 0. The zero-order chi connectivity index (χ0) is 21.8. The van der Waals surface area contributed by atoms with E-state index in [1.807, 2.05) is 38.1 Å². The summed E-state index contributed by atoms with van der Waals surface area (Å²) in [6.07, 6.45) is 2.50. The molecule has 0 aliphatic heterocycles. The predicted octanol–water partition coefficient (Wildman–Crippen LogP) is 5.57. The largest absolute Gasteiger partial charge is 0.492 e. The Balaban J connectivity index is 2.16. The molecule has 0 saturated carbocycles. The average Bonchev–Trinajstić information content (AvgIpc) is 2.73. The number of hydrogen-bond acceptors (Lipinski definition) is 5. The minimum absolute atomic E-state index is 0.0814. The summed E-state index contributed by atoms with van der Waals surface area (Å²) < 4.78 is 14.3. The van der Waals surface area contributed by atoms with Crippen LogP contribution >= 0.6 is 38.5 Å². The van der Waals surface area contributed by atoms with Gasteiger partial charge >= 0.3 is 0 Å². The van der Waals surface area contributed by atoms with Crippen LogP contribution in [-0.4, -0.2) is 29.6 Å². The van der Waals surface area contributed by atoms with E-state index in [0.717, 1.165) is 20.0 Å². The summed E-state index contributed by atoms with van der Waals surface area (Å²) in [5, 5.41) is 5.05. The van der Waals surface area contributed by atoms with Gasteiger partial charge in [0.25, 0.3) is 5.56 Å². The molecule has 0 bridgehead atoms. The van der Waals surface area contributed by atoms with Crippen LogP contribution < -0.4 is 15.0 Å². The van der Waals surface area contributed by atoms with Crippen molar-refractivity contribution in [2.45, 2.75) is 33.1 Å².